The lowest BCUT2D eigenvalue weighted by atomic mass is 10.0. The molecule has 1 aliphatic rings. The van der Waals surface area contributed by atoms with Crippen LogP contribution in [0.5, 0.6) is 0 Å². The van der Waals surface area contributed by atoms with Crippen molar-refractivity contribution in [1.29, 1.82) is 0 Å². The Morgan fingerprint density at radius 3 is 2.67 bits per heavy atom. The van der Waals surface area contributed by atoms with Crippen molar-refractivity contribution in [3.63, 3.8) is 0 Å². The molecule has 0 aromatic rings. The highest BCUT2D eigenvalue weighted by Crippen LogP contribution is 2.06. The van der Waals surface area contributed by atoms with Crippen LogP contribution in [0.1, 0.15) is 26.7 Å². The Bertz CT molecular complexity index is 286. The maximum Gasteiger partial charge on any atom is 0.326 e. The van der Waals surface area contributed by atoms with Gasteiger partial charge in [-0.3, -0.25) is 0 Å². The highest BCUT2D eigenvalue weighted by atomic mass is 16.5. The number of hydrogen-bond donors (Lipinski definition) is 2. The van der Waals surface area contributed by atoms with Crippen LogP contribution in [0.3, 0.4) is 0 Å². The van der Waals surface area contributed by atoms with E-state index >= 15 is 0 Å². The van der Waals surface area contributed by atoms with E-state index in [-0.39, 0.29) is 11.9 Å². The summed E-state index contributed by atoms with van der Waals surface area (Å²) in [5.74, 6) is -0.762. The fraction of sp³-hybridized carbons (Fsp3) is 0.833. The van der Waals surface area contributed by atoms with E-state index in [0.717, 1.165) is 6.42 Å². The Hall–Kier alpha value is -1.30. The summed E-state index contributed by atoms with van der Waals surface area (Å²) in [6.45, 7) is 6.15. The van der Waals surface area contributed by atoms with Crippen LogP contribution in [0.25, 0.3) is 0 Å². The van der Waals surface area contributed by atoms with Gasteiger partial charge in [0, 0.05) is 19.7 Å². The standard InChI is InChI=1S/C12H22N2O4/c1-9(2)8-10(11(15)16)13-12(17)14-4-3-6-18-7-5-14/h9-10H,3-8H2,1-2H3,(H,13,17)(H,15,16)/t10-/m1/s1. The molecule has 18 heavy (non-hydrogen) atoms. The fourth-order valence-electron chi connectivity index (χ4n) is 1.88. The van der Waals surface area contributed by atoms with Gasteiger partial charge in [0.15, 0.2) is 0 Å². The number of carboxylic acids is 1. The van der Waals surface area contributed by atoms with Gasteiger partial charge >= 0.3 is 12.0 Å². The number of amides is 2. The second-order valence-corrected chi connectivity index (χ2v) is 4.92. The number of nitrogens with one attached hydrogen (secondary N) is 1. The molecule has 104 valence electrons. The van der Waals surface area contributed by atoms with E-state index in [1.54, 1.807) is 4.90 Å². The SMILES string of the molecule is CC(C)C[C@@H](NC(=O)N1CCCOCC1)C(=O)O. The maximum absolute atomic E-state index is 11.9. The zero-order valence-corrected chi connectivity index (χ0v) is 11.0. The molecule has 1 fully saturated rings. The van der Waals surface area contributed by atoms with Crippen LogP contribution in [-0.4, -0.2) is 54.4 Å². The molecule has 6 heteroatoms. The van der Waals surface area contributed by atoms with E-state index in [2.05, 4.69) is 5.32 Å². The summed E-state index contributed by atoms with van der Waals surface area (Å²) in [5.41, 5.74) is 0. The molecular formula is C12H22N2O4. The minimum absolute atomic E-state index is 0.221. The zero-order chi connectivity index (χ0) is 13.5. The first-order valence-electron chi connectivity index (χ1n) is 6.36. The molecule has 0 aliphatic carbocycles. The highest BCUT2D eigenvalue weighted by molar-refractivity contribution is 5.82. The van der Waals surface area contributed by atoms with Crippen molar-refractivity contribution in [2.24, 2.45) is 5.92 Å². The lowest BCUT2D eigenvalue weighted by Crippen LogP contribution is -2.49. The summed E-state index contributed by atoms with van der Waals surface area (Å²) in [5, 5.41) is 11.6. The average Bonchev–Trinajstić information content (AvgIpc) is 2.55. The summed E-state index contributed by atoms with van der Waals surface area (Å²) < 4.78 is 5.25. The minimum atomic E-state index is -0.983. The van der Waals surface area contributed by atoms with E-state index in [9.17, 15) is 9.59 Å². The van der Waals surface area contributed by atoms with E-state index in [0.29, 0.717) is 32.7 Å². The van der Waals surface area contributed by atoms with Crippen molar-refractivity contribution in [2.45, 2.75) is 32.7 Å². The molecule has 2 N–H and O–H groups in total. The third-order valence-corrected chi connectivity index (χ3v) is 2.81. The summed E-state index contributed by atoms with van der Waals surface area (Å²) >= 11 is 0. The Labute approximate surface area is 107 Å². The van der Waals surface area contributed by atoms with E-state index in [1.807, 2.05) is 13.8 Å². The third-order valence-electron chi connectivity index (χ3n) is 2.81. The zero-order valence-electron chi connectivity index (χ0n) is 11.0. The number of hydrogen-bond acceptors (Lipinski definition) is 3. The van der Waals surface area contributed by atoms with Crippen LogP contribution in [0.2, 0.25) is 0 Å². The predicted molar refractivity (Wildman–Crippen MR) is 66.4 cm³/mol. The molecule has 1 aliphatic heterocycles. The summed E-state index contributed by atoms with van der Waals surface area (Å²) in [4.78, 5) is 24.6. The van der Waals surface area contributed by atoms with Crippen molar-refractivity contribution in [3.05, 3.63) is 0 Å². The molecule has 0 bridgehead atoms. The Kier molecular flexibility index (Phi) is 5.91. The van der Waals surface area contributed by atoms with Gasteiger partial charge in [-0.15, -0.1) is 0 Å². The maximum atomic E-state index is 11.9. The number of carbonyl (C=O) groups excluding carboxylic acids is 1. The molecular weight excluding hydrogens is 236 g/mol. The molecule has 0 unspecified atom stereocenters. The minimum Gasteiger partial charge on any atom is -0.480 e. The number of carbonyl (C=O) groups is 2. The van der Waals surface area contributed by atoms with Crippen molar-refractivity contribution in [1.82, 2.24) is 10.2 Å². The normalized spacial score (nSPS) is 18.3. The second kappa shape index (κ2) is 7.20. The first kappa shape index (κ1) is 14.8. The van der Waals surface area contributed by atoms with Gasteiger partial charge in [-0.05, 0) is 18.8 Å². The van der Waals surface area contributed by atoms with Crippen LogP contribution < -0.4 is 5.32 Å². The summed E-state index contributed by atoms with van der Waals surface area (Å²) in [7, 11) is 0. The molecule has 6 nitrogen and oxygen atoms in total. The number of nitrogens with zero attached hydrogens (tertiary/aromatic N) is 1. The topological polar surface area (TPSA) is 78.9 Å². The molecule has 0 spiro atoms. The first-order valence-corrected chi connectivity index (χ1v) is 6.36. The average molecular weight is 258 g/mol. The van der Waals surface area contributed by atoms with E-state index in [1.165, 1.54) is 0 Å². The van der Waals surface area contributed by atoms with E-state index < -0.39 is 12.0 Å². The predicted octanol–water partition coefficient (Wildman–Crippen LogP) is 0.918. The molecule has 0 radical (unpaired) electrons. The Morgan fingerprint density at radius 1 is 1.33 bits per heavy atom. The van der Waals surface area contributed by atoms with Crippen molar-refractivity contribution >= 4 is 12.0 Å². The second-order valence-electron chi connectivity index (χ2n) is 4.92. The third kappa shape index (κ3) is 4.91. The number of urea groups is 1. The van der Waals surface area contributed by atoms with Crippen LogP contribution in [0.15, 0.2) is 0 Å². The first-order chi connectivity index (χ1) is 8.50. The Morgan fingerprint density at radius 2 is 2.06 bits per heavy atom. The van der Waals surface area contributed by atoms with Crippen molar-refractivity contribution in [3.8, 4) is 0 Å². The van der Waals surface area contributed by atoms with Crippen LogP contribution in [0.4, 0.5) is 4.79 Å². The fourth-order valence-corrected chi connectivity index (χ4v) is 1.88. The van der Waals surface area contributed by atoms with Crippen LogP contribution >= 0.6 is 0 Å². The number of ether oxygens (including phenoxy) is 1. The summed E-state index contributed by atoms with van der Waals surface area (Å²) in [6, 6.07) is -1.13. The van der Waals surface area contributed by atoms with Gasteiger partial charge in [-0.1, -0.05) is 13.8 Å². The molecule has 1 atom stereocenters. The largest absolute Gasteiger partial charge is 0.480 e. The molecule has 0 aromatic carbocycles. The monoisotopic (exact) mass is 258 g/mol. The van der Waals surface area contributed by atoms with Crippen LogP contribution in [-0.2, 0) is 9.53 Å². The lowest BCUT2D eigenvalue weighted by Gasteiger charge is -2.23. The molecule has 0 aromatic heterocycles. The number of aliphatic carboxylic acids is 1. The number of rotatable bonds is 4. The Balaban J connectivity index is 2.51. The van der Waals surface area contributed by atoms with Crippen LogP contribution in [0, 0.1) is 5.92 Å². The van der Waals surface area contributed by atoms with Gasteiger partial charge in [0.25, 0.3) is 0 Å². The van der Waals surface area contributed by atoms with Gasteiger partial charge in [0.2, 0.25) is 0 Å². The highest BCUT2D eigenvalue weighted by Gasteiger charge is 2.24. The smallest absolute Gasteiger partial charge is 0.326 e. The van der Waals surface area contributed by atoms with Crippen molar-refractivity contribution < 1.29 is 19.4 Å². The van der Waals surface area contributed by atoms with Gasteiger partial charge in [0.1, 0.15) is 6.04 Å². The quantitative estimate of drug-likeness (QED) is 0.786. The lowest BCUT2D eigenvalue weighted by molar-refractivity contribution is -0.139. The molecule has 1 rings (SSSR count). The summed E-state index contributed by atoms with van der Waals surface area (Å²) in [6.07, 6.45) is 1.22. The molecule has 0 saturated carbocycles. The van der Waals surface area contributed by atoms with E-state index in [4.69, 9.17) is 9.84 Å². The van der Waals surface area contributed by atoms with Gasteiger partial charge in [-0.25, -0.2) is 9.59 Å². The molecule has 1 saturated heterocycles. The molecule has 2 amide bonds. The van der Waals surface area contributed by atoms with Gasteiger partial charge in [0.05, 0.1) is 6.61 Å². The number of carboxylic acid groups (broad SMARTS) is 1. The molecule has 1 heterocycles. The van der Waals surface area contributed by atoms with Gasteiger partial charge in [-0.2, -0.15) is 0 Å². The van der Waals surface area contributed by atoms with Gasteiger partial charge < -0.3 is 20.1 Å². The van der Waals surface area contributed by atoms with Crippen molar-refractivity contribution in [2.75, 3.05) is 26.3 Å².